The van der Waals surface area contributed by atoms with Gasteiger partial charge in [-0.1, -0.05) is 0 Å². The average molecular weight is 191 g/mol. The van der Waals surface area contributed by atoms with Crippen LogP contribution in [0.15, 0.2) is 0 Å². The lowest BCUT2D eigenvalue weighted by molar-refractivity contribution is 0.0188. The minimum atomic E-state index is -2.37. The molecule has 0 heterocycles. The quantitative estimate of drug-likeness (QED) is 0.483. The van der Waals surface area contributed by atoms with E-state index in [0.29, 0.717) is 13.2 Å². The molecule has 1 N–H and O–H groups in total. The van der Waals surface area contributed by atoms with Gasteiger partial charge in [0.05, 0.1) is 6.61 Å². The van der Waals surface area contributed by atoms with Gasteiger partial charge in [-0.2, -0.15) is 0 Å². The van der Waals surface area contributed by atoms with Crippen molar-refractivity contribution in [2.24, 2.45) is 0 Å². The van der Waals surface area contributed by atoms with Crippen LogP contribution in [-0.2, 0) is 4.74 Å². The highest BCUT2D eigenvalue weighted by Crippen LogP contribution is 1.91. The van der Waals surface area contributed by atoms with E-state index in [1.54, 1.807) is 6.92 Å². The predicted molar refractivity (Wildman–Crippen MR) is 47.8 cm³/mol. The van der Waals surface area contributed by atoms with Crippen molar-refractivity contribution in [1.82, 2.24) is 5.32 Å². The highest BCUT2D eigenvalue weighted by atomic mass is 19.3. The summed E-state index contributed by atoms with van der Waals surface area (Å²) in [5, 5.41) is 3.02. The summed E-state index contributed by atoms with van der Waals surface area (Å²) in [7, 11) is 0. The molecule has 0 aromatic rings. The van der Waals surface area contributed by atoms with Crippen LogP contribution in [0.2, 0.25) is 0 Å². The highest BCUT2D eigenvalue weighted by molar-refractivity contribution is 4.94. The van der Waals surface area contributed by atoms with Crippen LogP contribution >= 0.6 is 0 Å². The summed E-state index contributed by atoms with van der Waals surface area (Å²) in [5.41, 5.74) is 0. The fraction of sp³-hybridized carbons (Fsp3) is 0.778. The van der Waals surface area contributed by atoms with E-state index < -0.39 is 13.0 Å². The van der Waals surface area contributed by atoms with Crippen molar-refractivity contribution in [3.05, 3.63) is 0 Å². The Hall–Kier alpha value is -0.660. The smallest absolute Gasteiger partial charge is 0.261 e. The third-order valence-corrected chi connectivity index (χ3v) is 1.27. The Balaban J connectivity index is 2.94. The van der Waals surface area contributed by atoms with E-state index in [4.69, 9.17) is 0 Å². The maximum absolute atomic E-state index is 11.5. The minimum Gasteiger partial charge on any atom is -0.374 e. The van der Waals surface area contributed by atoms with E-state index in [2.05, 4.69) is 21.9 Å². The van der Waals surface area contributed by atoms with Crippen molar-refractivity contribution in [3.8, 4) is 11.8 Å². The van der Waals surface area contributed by atoms with Crippen molar-refractivity contribution in [1.29, 1.82) is 0 Å². The molecule has 2 nitrogen and oxygen atoms in total. The molecule has 76 valence electrons. The fourth-order valence-electron chi connectivity index (χ4n) is 0.718. The molecular weight excluding hydrogens is 176 g/mol. The van der Waals surface area contributed by atoms with Gasteiger partial charge in [-0.3, -0.25) is 0 Å². The Kier molecular flexibility index (Phi) is 8.95. The first-order valence-corrected chi connectivity index (χ1v) is 4.23. The van der Waals surface area contributed by atoms with E-state index >= 15 is 0 Å². The van der Waals surface area contributed by atoms with Crippen LogP contribution in [0, 0.1) is 11.8 Å². The van der Waals surface area contributed by atoms with Crippen molar-refractivity contribution in [2.45, 2.75) is 19.8 Å². The standard InChI is InChI=1S/C9H15F2NO/c1-2-3-4-5-12-6-7-13-8-9(10)11/h9,12H,4-8H2,1H3. The third-order valence-electron chi connectivity index (χ3n) is 1.27. The van der Waals surface area contributed by atoms with Crippen LogP contribution in [0.4, 0.5) is 8.78 Å². The molecule has 0 bridgehead atoms. The zero-order valence-corrected chi connectivity index (χ0v) is 7.78. The lowest BCUT2D eigenvalue weighted by atomic mass is 10.4. The molecule has 0 spiro atoms. The van der Waals surface area contributed by atoms with E-state index in [1.165, 1.54) is 0 Å². The van der Waals surface area contributed by atoms with Gasteiger partial charge in [-0.25, -0.2) is 8.78 Å². The van der Waals surface area contributed by atoms with Crippen LogP contribution in [0.25, 0.3) is 0 Å². The Morgan fingerprint density at radius 3 is 2.77 bits per heavy atom. The molecule has 0 aliphatic heterocycles. The van der Waals surface area contributed by atoms with Crippen molar-refractivity contribution in [3.63, 3.8) is 0 Å². The number of nitrogens with one attached hydrogen (secondary N) is 1. The molecule has 13 heavy (non-hydrogen) atoms. The fourth-order valence-corrected chi connectivity index (χ4v) is 0.718. The molecule has 0 fully saturated rings. The molecule has 0 aliphatic carbocycles. The second-order valence-electron chi connectivity index (χ2n) is 2.39. The molecule has 0 atom stereocenters. The second kappa shape index (κ2) is 9.43. The van der Waals surface area contributed by atoms with E-state index in [-0.39, 0.29) is 0 Å². The molecule has 0 saturated heterocycles. The SMILES string of the molecule is CC#CCCNCCOCC(F)F. The van der Waals surface area contributed by atoms with Gasteiger partial charge in [0.15, 0.2) is 0 Å². The van der Waals surface area contributed by atoms with Gasteiger partial charge in [-0.05, 0) is 6.92 Å². The first kappa shape index (κ1) is 12.3. The van der Waals surface area contributed by atoms with Crippen molar-refractivity contribution >= 4 is 0 Å². The minimum absolute atomic E-state index is 0.323. The molecule has 4 heteroatoms. The third kappa shape index (κ3) is 11.3. The van der Waals surface area contributed by atoms with Crippen LogP contribution in [0.3, 0.4) is 0 Å². The molecule has 0 amide bonds. The Morgan fingerprint density at radius 1 is 1.38 bits per heavy atom. The summed E-state index contributed by atoms with van der Waals surface area (Å²) in [6.45, 7) is 3.00. The lowest BCUT2D eigenvalue weighted by Gasteiger charge is -2.03. The Morgan fingerprint density at radius 2 is 2.15 bits per heavy atom. The van der Waals surface area contributed by atoms with Crippen LogP contribution in [0.5, 0.6) is 0 Å². The van der Waals surface area contributed by atoms with Crippen LogP contribution < -0.4 is 5.32 Å². The van der Waals surface area contributed by atoms with Gasteiger partial charge in [0, 0.05) is 19.5 Å². The normalized spacial score (nSPS) is 9.85. The van der Waals surface area contributed by atoms with Gasteiger partial charge < -0.3 is 10.1 Å². The molecule has 0 saturated carbocycles. The van der Waals surface area contributed by atoms with Crippen LogP contribution in [0.1, 0.15) is 13.3 Å². The van der Waals surface area contributed by atoms with Crippen molar-refractivity contribution < 1.29 is 13.5 Å². The summed E-state index contributed by atoms with van der Waals surface area (Å²) in [4.78, 5) is 0. The molecule has 0 aliphatic rings. The number of rotatable bonds is 7. The summed E-state index contributed by atoms with van der Waals surface area (Å²) in [5.74, 6) is 5.65. The number of hydrogen-bond acceptors (Lipinski definition) is 2. The zero-order chi connectivity index (χ0) is 9.94. The second-order valence-corrected chi connectivity index (χ2v) is 2.39. The van der Waals surface area contributed by atoms with E-state index in [0.717, 1.165) is 13.0 Å². The number of ether oxygens (including phenoxy) is 1. The predicted octanol–water partition coefficient (Wildman–Crippen LogP) is 1.27. The summed E-state index contributed by atoms with van der Waals surface area (Å²) in [6.07, 6.45) is -1.59. The largest absolute Gasteiger partial charge is 0.374 e. The molecular formula is C9H15F2NO. The van der Waals surface area contributed by atoms with Gasteiger partial charge in [0.25, 0.3) is 6.43 Å². The maximum atomic E-state index is 11.5. The van der Waals surface area contributed by atoms with E-state index in [9.17, 15) is 8.78 Å². The Bertz CT molecular complexity index is 163. The number of alkyl halides is 2. The molecule has 0 unspecified atom stereocenters. The number of hydrogen-bond donors (Lipinski definition) is 1. The first-order chi connectivity index (χ1) is 6.27. The summed E-state index contributed by atoms with van der Waals surface area (Å²) < 4.78 is 27.7. The van der Waals surface area contributed by atoms with Crippen LogP contribution in [-0.4, -0.2) is 32.7 Å². The van der Waals surface area contributed by atoms with Crippen molar-refractivity contribution in [2.75, 3.05) is 26.3 Å². The molecule has 0 aromatic heterocycles. The Labute approximate surface area is 77.7 Å². The first-order valence-electron chi connectivity index (χ1n) is 4.23. The van der Waals surface area contributed by atoms with Gasteiger partial charge in [0.1, 0.15) is 6.61 Å². The lowest BCUT2D eigenvalue weighted by Crippen LogP contribution is -2.21. The highest BCUT2D eigenvalue weighted by Gasteiger charge is 2.00. The van der Waals surface area contributed by atoms with E-state index in [1.807, 2.05) is 0 Å². The van der Waals surface area contributed by atoms with Gasteiger partial charge in [0.2, 0.25) is 0 Å². The monoisotopic (exact) mass is 191 g/mol. The number of halogens is 2. The topological polar surface area (TPSA) is 21.3 Å². The summed E-state index contributed by atoms with van der Waals surface area (Å²) in [6, 6.07) is 0. The van der Waals surface area contributed by atoms with Gasteiger partial charge in [-0.15, -0.1) is 11.8 Å². The molecule has 0 aromatic carbocycles. The summed E-state index contributed by atoms with van der Waals surface area (Å²) >= 11 is 0. The zero-order valence-electron chi connectivity index (χ0n) is 7.78. The van der Waals surface area contributed by atoms with Gasteiger partial charge >= 0.3 is 0 Å². The average Bonchev–Trinajstić information content (AvgIpc) is 2.09. The molecule has 0 rings (SSSR count). The molecule has 0 radical (unpaired) electrons. The maximum Gasteiger partial charge on any atom is 0.261 e.